The number of carbonyl (C=O) groups excluding carboxylic acids is 2. The van der Waals surface area contributed by atoms with Crippen molar-refractivity contribution in [3.8, 4) is 0 Å². The molecule has 0 radical (unpaired) electrons. The van der Waals surface area contributed by atoms with Gasteiger partial charge in [-0.1, -0.05) is 32.0 Å². The zero-order chi connectivity index (χ0) is 22.7. The zero-order valence-corrected chi connectivity index (χ0v) is 19.0. The highest BCUT2D eigenvalue weighted by Crippen LogP contribution is 2.21. The second-order valence-electron chi connectivity index (χ2n) is 8.68. The molecule has 1 aromatic heterocycles. The number of aryl methyl sites for hydroxylation is 1. The highest BCUT2D eigenvalue weighted by atomic mass is 16.2. The van der Waals surface area contributed by atoms with Crippen molar-refractivity contribution in [1.29, 1.82) is 0 Å². The molecule has 0 saturated carbocycles. The number of aromatic nitrogens is 2. The minimum absolute atomic E-state index is 0.00499. The molecule has 4 rings (SSSR count). The number of nitrogens with zero attached hydrogens (tertiary/aromatic N) is 4. The van der Waals surface area contributed by atoms with E-state index in [1.807, 2.05) is 74.3 Å². The lowest BCUT2D eigenvalue weighted by atomic mass is 10.2. The normalized spacial score (nSPS) is 14.8. The van der Waals surface area contributed by atoms with E-state index in [1.165, 1.54) is 0 Å². The fourth-order valence-corrected chi connectivity index (χ4v) is 4.03. The molecule has 0 unspecified atom stereocenters. The molecule has 1 aliphatic heterocycles. The van der Waals surface area contributed by atoms with Crippen LogP contribution in [0.25, 0.3) is 11.0 Å². The van der Waals surface area contributed by atoms with Crippen LogP contribution in [0.5, 0.6) is 0 Å². The Morgan fingerprint density at radius 2 is 1.75 bits per heavy atom. The van der Waals surface area contributed by atoms with Crippen LogP contribution in [0.1, 0.15) is 30.0 Å². The Hall–Kier alpha value is -3.19. The molecule has 32 heavy (non-hydrogen) atoms. The molecule has 3 aromatic rings. The van der Waals surface area contributed by atoms with Gasteiger partial charge in [-0.2, -0.15) is 0 Å². The highest BCUT2D eigenvalue weighted by Gasteiger charge is 2.22. The van der Waals surface area contributed by atoms with Crippen molar-refractivity contribution in [3.63, 3.8) is 0 Å². The first kappa shape index (κ1) is 22.0. The summed E-state index contributed by atoms with van der Waals surface area (Å²) >= 11 is 0. The van der Waals surface area contributed by atoms with Gasteiger partial charge in [-0.25, -0.2) is 4.98 Å². The first-order chi connectivity index (χ1) is 15.4. The molecule has 0 atom stereocenters. The lowest BCUT2D eigenvalue weighted by Gasteiger charge is -2.34. The Bertz CT molecular complexity index is 1100. The molecular weight excluding hydrogens is 402 g/mol. The molecule has 7 heteroatoms. The van der Waals surface area contributed by atoms with Crippen molar-refractivity contribution in [2.24, 2.45) is 13.0 Å². The molecule has 0 spiro atoms. The van der Waals surface area contributed by atoms with Crippen LogP contribution in [0.3, 0.4) is 0 Å². The van der Waals surface area contributed by atoms with Gasteiger partial charge in [0.05, 0.1) is 11.0 Å². The van der Waals surface area contributed by atoms with Crippen molar-refractivity contribution in [3.05, 3.63) is 59.9 Å². The van der Waals surface area contributed by atoms with E-state index in [4.69, 9.17) is 4.98 Å². The van der Waals surface area contributed by atoms with Crippen molar-refractivity contribution < 1.29 is 9.59 Å². The molecule has 2 amide bonds. The number of fused-ring (bicyclic) bond motifs is 1. The average Bonchev–Trinajstić information content (AvgIpc) is 3.12. The Morgan fingerprint density at radius 3 is 2.44 bits per heavy atom. The Morgan fingerprint density at radius 1 is 1.03 bits per heavy atom. The third-order valence-corrected chi connectivity index (χ3v) is 6.10. The Balaban J connectivity index is 1.34. The average molecular weight is 434 g/mol. The third kappa shape index (κ3) is 4.83. The van der Waals surface area contributed by atoms with Crippen molar-refractivity contribution in [2.45, 2.75) is 20.3 Å². The maximum absolute atomic E-state index is 12.6. The SMILES string of the molecule is CC(C)C(=O)Nc1ccc2c(c1)nc(CCN1CCN(C(=O)c3ccccc3)CC1)n2C. The van der Waals surface area contributed by atoms with E-state index in [0.29, 0.717) is 0 Å². The summed E-state index contributed by atoms with van der Waals surface area (Å²) in [5.74, 6) is 1.08. The first-order valence-electron chi connectivity index (χ1n) is 11.3. The quantitative estimate of drug-likeness (QED) is 0.648. The maximum Gasteiger partial charge on any atom is 0.253 e. The zero-order valence-electron chi connectivity index (χ0n) is 19.0. The van der Waals surface area contributed by atoms with Gasteiger partial charge in [0, 0.05) is 63.4 Å². The van der Waals surface area contributed by atoms with Crippen LogP contribution in [0, 0.1) is 5.92 Å². The number of nitrogens with one attached hydrogen (secondary N) is 1. The fourth-order valence-electron chi connectivity index (χ4n) is 4.03. The van der Waals surface area contributed by atoms with Crippen LogP contribution < -0.4 is 5.32 Å². The lowest BCUT2D eigenvalue weighted by molar-refractivity contribution is -0.118. The molecule has 2 aromatic carbocycles. The van der Waals surface area contributed by atoms with E-state index < -0.39 is 0 Å². The monoisotopic (exact) mass is 433 g/mol. The predicted molar refractivity (Wildman–Crippen MR) is 127 cm³/mol. The summed E-state index contributed by atoms with van der Waals surface area (Å²) in [5, 5.41) is 2.94. The molecule has 1 N–H and O–H groups in total. The summed E-state index contributed by atoms with van der Waals surface area (Å²) in [6.45, 7) is 7.89. The molecule has 168 valence electrons. The number of hydrogen-bond donors (Lipinski definition) is 1. The predicted octanol–water partition coefficient (Wildman–Crippen LogP) is 3.17. The van der Waals surface area contributed by atoms with E-state index in [0.717, 1.165) is 67.3 Å². The second-order valence-corrected chi connectivity index (χ2v) is 8.68. The van der Waals surface area contributed by atoms with Gasteiger partial charge in [-0.15, -0.1) is 0 Å². The maximum atomic E-state index is 12.6. The van der Waals surface area contributed by atoms with Crippen LogP contribution in [0.15, 0.2) is 48.5 Å². The van der Waals surface area contributed by atoms with Gasteiger partial charge in [0.15, 0.2) is 0 Å². The number of imidazole rings is 1. The van der Waals surface area contributed by atoms with Gasteiger partial charge in [0.1, 0.15) is 5.82 Å². The Labute approximate surface area is 189 Å². The first-order valence-corrected chi connectivity index (χ1v) is 11.3. The van der Waals surface area contributed by atoms with Crippen molar-refractivity contribution >= 4 is 28.5 Å². The largest absolute Gasteiger partial charge is 0.336 e. The summed E-state index contributed by atoms with van der Waals surface area (Å²) in [6.07, 6.45) is 0.839. The van der Waals surface area contributed by atoms with E-state index in [-0.39, 0.29) is 17.7 Å². The molecular formula is C25H31N5O2. The van der Waals surface area contributed by atoms with Gasteiger partial charge >= 0.3 is 0 Å². The summed E-state index contributed by atoms with van der Waals surface area (Å²) in [4.78, 5) is 33.7. The third-order valence-electron chi connectivity index (χ3n) is 6.10. The number of rotatable bonds is 6. The van der Waals surface area contributed by atoms with Gasteiger partial charge in [-0.05, 0) is 30.3 Å². The second kappa shape index (κ2) is 9.53. The molecule has 1 saturated heterocycles. The van der Waals surface area contributed by atoms with Crippen LogP contribution in [-0.2, 0) is 18.3 Å². The van der Waals surface area contributed by atoms with E-state index in [1.54, 1.807) is 0 Å². The molecule has 1 fully saturated rings. The van der Waals surface area contributed by atoms with E-state index in [9.17, 15) is 9.59 Å². The summed E-state index contributed by atoms with van der Waals surface area (Å²) in [5.41, 5.74) is 3.48. The number of carbonyl (C=O) groups is 2. The molecule has 0 bridgehead atoms. The summed E-state index contributed by atoms with van der Waals surface area (Å²) < 4.78 is 2.12. The summed E-state index contributed by atoms with van der Waals surface area (Å²) in [7, 11) is 2.04. The number of amides is 2. The minimum atomic E-state index is -0.0616. The molecule has 0 aliphatic carbocycles. The highest BCUT2D eigenvalue weighted by molar-refractivity contribution is 5.94. The number of anilines is 1. The van der Waals surface area contributed by atoms with E-state index in [2.05, 4.69) is 14.8 Å². The molecule has 1 aliphatic rings. The fraction of sp³-hybridized carbons (Fsp3) is 0.400. The van der Waals surface area contributed by atoms with Crippen LogP contribution in [-0.4, -0.2) is 63.9 Å². The number of hydrogen-bond acceptors (Lipinski definition) is 4. The molecule has 2 heterocycles. The van der Waals surface area contributed by atoms with Gasteiger partial charge in [0.25, 0.3) is 5.91 Å². The van der Waals surface area contributed by atoms with Gasteiger partial charge < -0.3 is 14.8 Å². The van der Waals surface area contributed by atoms with Crippen molar-refractivity contribution in [1.82, 2.24) is 19.4 Å². The number of benzene rings is 2. The smallest absolute Gasteiger partial charge is 0.253 e. The van der Waals surface area contributed by atoms with Crippen LogP contribution >= 0.6 is 0 Å². The standard InChI is InChI=1S/C25H31N5O2/c1-18(2)24(31)26-20-9-10-22-21(17-20)27-23(28(22)3)11-12-29-13-15-30(16-14-29)25(32)19-7-5-4-6-8-19/h4-10,17-18H,11-16H2,1-3H3,(H,26,31). The number of piperazine rings is 1. The van der Waals surface area contributed by atoms with Gasteiger partial charge in [-0.3, -0.25) is 14.5 Å². The van der Waals surface area contributed by atoms with Crippen LogP contribution in [0.4, 0.5) is 5.69 Å². The minimum Gasteiger partial charge on any atom is -0.336 e. The van der Waals surface area contributed by atoms with Gasteiger partial charge in [0.2, 0.25) is 5.91 Å². The van der Waals surface area contributed by atoms with Crippen molar-refractivity contribution in [2.75, 3.05) is 38.0 Å². The van der Waals surface area contributed by atoms with E-state index >= 15 is 0 Å². The summed E-state index contributed by atoms with van der Waals surface area (Å²) in [6, 6.07) is 15.4. The lowest BCUT2D eigenvalue weighted by Crippen LogP contribution is -2.49. The van der Waals surface area contributed by atoms with Crippen LogP contribution in [0.2, 0.25) is 0 Å². The molecule has 7 nitrogen and oxygen atoms in total. The topological polar surface area (TPSA) is 70.5 Å². The Kier molecular flexibility index (Phi) is 6.55.